The zero-order chi connectivity index (χ0) is 20.8. The predicted octanol–water partition coefficient (Wildman–Crippen LogP) is 0.823. The molecule has 1 aliphatic carbocycles. The van der Waals surface area contributed by atoms with Gasteiger partial charge in [0.25, 0.3) is 5.56 Å². The van der Waals surface area contributed by atoms with E-state index >= 15 is 0 Å². The Morgan fingerprint density at radius 2 is 2.18 bits per heavy atom. The predicted molar refractivity (Wildman–Crippen MR) is 104 cm³/mol. The minimum absolute atomic E-state index is 0.00659. The standard InChI is InChI=1S/C12H15N5O3.C6H12O2/c1-5-6(3-18)8(19)2-7(5)17-4-14-9-10(17)15-12(13)16-11(9)20;1-2-3-4-5-6(7)8/h4,6-8,18-19H,1-3H2,(H3,13,15,16,20);2-5H2,1H3,(H,7,8)/t6-,7-,8-;/m0./s1. The van der Waals surface area contributed by atoms with Gasteiger partial charge in [0.05, 0.1) is 25.1 Å². The van der Waals surface area contributed by atoms with Gasteiger partial charge >= 0.3 is 5.97 Å². The number of nitrogen functional groups attached to an aromatic ring is 1. The average molecular weight is 393 g/mol. The highest BCUT2D eigenvalue weighted by Crippen LogP contribution is 2.39. The van der Waals surface area contributed by atoms with Crippen LogP contribution in [-0.4, -0.2) is 53.5 Å². The lowest BCUT2D eigenvalue weighted by molar-refractivity contribution is -0.137. The number of carboxylic acids is 1. The zero-order valence-corrected chi connectivity index (χ0v) is 15.8. The molecule has 10 heteroatoms. The molecular formula is C18H27N5O5. The number of nitrogens with zero attached hydrogens (tertiary/aromatic N) is 3. The van der Waals surface area contributed by atoms with Crippen molar-refractivity contribution in [2.75, 3.05) is 12.3 Å². The summed E-state index contributed by atoms with van der Waals surface area (Å²) in [4.78, 5) is 32.1. The normalized spacial score (nSPS) is 21.5. The number of anilines is 1. The highest BCUT2D eigenvalue weighted by atomic mass is 16.4. The molecule has 2 heterocycles. The number of carbonyl (C=O) groups is 1. The van der Waals surface area contributed by atoms with Crippen LogP contribution in [0.2, 0.25) is 0 Å². The van der Waals surface area contributed by atoms with Crippen LogP contribution in [0.5, 0.6) is 0 Å². The Balaban J connectivity index is 0.000000300. The van der Waals surface area contributed by atoms with Crippen LogP contribution in [0.15, 0.2) is 23.3 Å². The largest absolute Gasteiger partial charge is 0.481 e. The molecule has 0 aromatic carbocycles. The average Bonchev–Trinajstić information content (AvgIpc) is 3.16. The number of rotatable bonds is 6. The third kappa shape index (κ3) is 4.76. The van der Waals surface area contributed by atoms with E-state index in [0.29, 0.717) is 24.1 Å². The molecule has 0 saturated heterocycles. The third-order valence-electron chi connectivity index (χ3n) is 4.81. The molecule has 28 heavy (non-hydrogen) atoms. The molecule has 2 aromatic heterocycles. The first-order valence-electron chi connectivity index (χ1n) is 9.21. The summed E-state index contributed by atoms with van der Waals surface area (Å²) < 4.78 is 1.67. The van der Waals surface area contributed by atoms with Crippen molar-refractivity contribution in [1.82, 2.24) is 19.5 Å². The van der Waals surface area contributed by atoms with Crippen LogP contribution >= 0.6 is 0 Å². The monoisotopic (exact) mass is 393 g/mol. The van der Waals surface area contributed by atoms with Crippen molar-refractivity contribution < 1.29 is 20.1 Å². The summed E-state index contributed by atoms with van der Waals surface area (Å²) in [5.41, 5.74) is 6.37. The van der Waals surface area contributed by atoms with Gasteiger partial charge in [-0.1, -0.05) is 26.3 Å². The molecule has 0 amide bonds. The van der Waals surface area contributed by atoms with Crippen molar-refractivity contribution in [1.29, 1.82) is 0 Å². The first-order chi connectivity index (χ1) is 13.3. The number of fused-ring (bicyclic) bond motifs is 1. The lowest BCUT2D eigenvalue weighted by atomic mass is 10.0. The number of aliphatic hydroxyl groups excluding tert-OH is 2. The van der Waals surface area contributed by atoms with E-state index in [2.05, 4.69) is 28.5 Å². The van der Waals surface area contributed by atoms with Crippen LogP contribution in [0.4, 0.5) is 5.95 Å². The molecule has 1 aliphatic rings. The number of hydrogen-bond acceptors (Lipinski definition) is 7. The number of aliphatic carboxylic acids is 1. The summed E-state index contributed by atoms with van der Waals surface area (Å²) in [6.07, 6.45) is 4.48. The van der Waals surface area contributed by atoms with Crippen molar-refractivity contribution in [2.24, 2.45) is 5.92 Å². The Morgan fingerprint density at radius 1 is 1.46 bits per heavy atom. The highest BCUT2D eigenvalue weighted by molar-refractivity contribution is 5.71. The maximum absolute atomic E-state index is 11.7. The summed E-state index contributed by atoms with van der Waals surface area (Å²) in [6, 6.07) is -0.263. The quantitative estimate of drug-likeness (QED) is 0.355. The van der Waals surface area contributed by atoms with Gasteiger partial charge in [-0.05, 0) is 18.4 Å². The lowest BCUT2D eigenvalue weighted by Crippen LogP contribution is -2.17. The number of aromatic amines is 1. The maximum atomic E-state index is 11.7. The smallest absolute Gasteiger partial charge is 0.303 e. The number of aliphatic hydroxyl groups is 2. The summed E-state index contributed by atoms with van der Waals surface area (Å²) in [7, 11) is 0. The zero-order valence-electron chi connectivity index (χ0n) is 15.8. The Labute approximate surface area is 161 Å². The van der Waals surface area contributed by atoms with E-state index in [4.69, 9.17) is 10.8 Å². The minimum atomic E-state index is -0.682. The summed E-state index contributed by atoms with van der Waals surface area (Å²) in [5, 5.41) is 27.4. The van der Waals surface area contributed by atoms with E-state index in [9.17, 15) is 19.8 Å². The SMILES string of the molecule is C=C1[C@H](CO)[C@@H](O)C[C@@H]1n1cnc2c(=O)[nH]c(N)nc21.CCCCCC(=O)O. The Morgan fingerprint density at radius 3 is 2.75 bits per heavy atom. The van der Waals surface area contributed by atoms with Crippen LogP contribution < -0.4 is 11.3 Å². The van der Waals surface area contributed by atoms with Gasteiger partial charge in [0.15, 0.2) is 11.2 Å². The third-order valence-corrected chi connectivity index (χ3v) is 4.81. The second-order valence-electron chi connectivity index (χ2n) is 6.81. The molecular weight excluding hydrogens is 366 g/mol. The lowest BCUT2D eigenvalue weighted by Gasteiger charge is -2.15. The molecule has 0 aliphatic heterocycles. The van der Waals surface area contributed by atoms with E-state index in [0.717, 1.165) is 19.3 Å². The highest BCUT2D eigenvalue weighted by Gasteiger charge is 2.37. The summed E-state index contributed by atoms with van der Waals surface area (Å²) in [5.74, 6) is -1.05. The number of carboxylic acid groups (broad SMARTS) is 1. The van der Waals surface area contributed by atoms with E-state index < -0.39 is 17.6 Å². The van der Waals surface area contributed by atoms with Gasteiger partial charge in [0.1, 0.15) is 0 Å². The summed E-state index contributed by atoms with van der Waals surface area (Å²) in [6.45, 7) is 5.82. The molecule has 3 rings (SSSR count). The number of nitrogens with one attached hydrogen (secondary N) is 1. The van der Waals surface area contributed by atoms with E-state index in [1.54, 1.807) is 4.57 Å². The molecule has 1 saturated carbocycles. The van der Waals surface area contributed by atoms with Crippen molar-refractivity contribution in [3.05, 3.63) is 28.8 Å². The van der Waals surface area contributed by atoms with Crippen molar-refractivity contribution >= 4 is 23.1 Å². The molecule has 0 bridgehead atoms. The first kappa shape index (κ1) is 21.6. The van der Waals surface area contributed by atoms with Crippen LogP contribution in [0.3, 0.4) is 0 Å². The molecule has 6 N–H and O–H groups in total. The molecule has 154 valence electrons. The second-order valence-corrected chi connectivity index (χ2v) is 6.81. The molecule has 1 fully saturated rings. The van der Waals surface area contributed by atoms with E-state index in [1.807, 2.05) is 0 Å². The van der Waals surface area contributed by atoms with Crippen LogP contribution in [0, 0.1) is 5.92 Å². The Kier molecular flexibility index (Phi) is 7.30. The number of unbranched alkanes of at least 4 members (excludes halogenated alkanes) is 2. The van der Waals surface area contributed by atoms with Crippen molar-refractivity contribution in [3.63, 3.8) is 0 Å². The fourth-order valence-electron chi connectivity index (χ4n) is 3.27. The van der Waals surface area contributed by atoms with Gasteiger partial charge < -0.3 is 25.6 Å². The van der Waals surface area contributed by atoms with Crippen LogP contribution in [0.1, 0.15) is 45.1 Å². The molecule has 2 aromatic rings. The summed E-state index contributed by atoms with van der Waals surface area (Å²) >= 11 is 0. The van der Waals surface area contributed by atoms with Gasteiger partial charge in [-0.3, -0.25) is 14.6 Å². The topological polar surface area (TPSA) is 167 Å². The van der Waals surface area contributed by atoms with Gasteiger partial charge in [-0.15, -0.1) is 0 Å². The van der Waals surface area contributed by atoms with E-state index in [1.165, 1.54) is 6.33 Å². The van der Waals surface area contributed by atoms with Gasteiger partial charge in [-0.25, -0.2) is 4.98 Å². The van der Waals surface area contributed by atoms with Crippen molar-refractivity contribution in [2.45, 2.75) is 51.2 Å². The molecule has 10 nitrogen and oxygen atoms in total. The number of nitrogens with two attached hydrogens (primary N) is 1. The molecule has 3 atom stereocenters. The first-order valence-corrected chi connectivity index (χ1v) is 9.21. The molecule has 0 unspecified atom stereocenters. The molecule has 0 radical (unpaired) electrons. The van der Waals surface area contributed by atoms with Crippen LogP contribution in [0.25, 0.3) is 11.2 Å². The van der Waals surface area contributed by atoms with Crippen LogP contribution in [-0.2, 0) is 4.79 Å². The maximum Gasteiger partial charge on any atom is 0.303 e. The Hall–Kier alpha value is -2.72. The number of imidazole rings is 1. The van der Waals surface area contributed by atoms with Gasteiger partial charge in [-0.2, -0.15) is 4.98 Å². The van der Waals surface area contributed by atoms with Crippen molar-refractivity contribution in [3.8, 4) is 0 Å². The Bertz CT molecular complexity index is 890. The minimum Gasteiger partial charge on any atom is -0.481 e. The molecule has 0 spiro atoms. The number of H-pyrrole nitrogens is 1. The fourth-order valence-corrected chi connectivity index (χ4v) is 3.27. The number of aromatic nitrogens is 4. The second kappa shape index (κ2) is 9.47. The van der Waals surface area contributed by atoms with Gasteiger partial charge in [0.2, 0.25) is 5.95 Å². The number of hydrogen-bond donors (Lipinski definition) is 5. The van der Waals surface area contributed by atoms with E-state index in [-0.39, 0.29) is 30.0 Å². The fraction of sp³-hybridized carbons (Fsp3) is 0.556. The van der Waals surface area contributed by atoms with Gasteiger partial charge in [0, 0.05) is 12.3 Å².